The van der Waals surface area contributed by atoms with Gasteiger partial charge in [-0.25, -0.2) is 0 Å². The van der Waals surface area contributed by atoms with Crippen LogP contribution in [0.15, 0.2) is 0 Å². The summed E-state index contributed by atoms with van der Waals surface area (Å²) in [6.45, 7) is 13.5. The molecule has 11 heteroatoms. The van der Waals surface area contributed by atoms with E-state index in [0.717, 1.165) is 77.0 Å². The van der Waals surface area contributed by atoms with Crippen LogP contribution in [0.25, 0.3) is 0 Å². The van der Waals surface area contributed by atoms with E-state index < -0.39 is 42.0 Å². The van der Waals surface area contributed by atoms with Crippen LogP contribution in [0.3, 0.4) is 0 Å². The highest BCUT2D eigenvalue weighted by atomic mass is 16.5. The number of nitrogens with zero attached hydrogens (tertiary/aromatic N) is 2. The number of unbranched alkanes of at least 4 members (excludes halogenated alkanes) is 20. The highest BCUT2D eigenvalue weighted by Crippen LogP contribution is 2.18. The first-order valence-corrected chi connectivity index (χ1v) is 26.6. The number of esters is 2. The Morgan fingerprint density at radius 1 is 0.413 bits per heavy atom. The summed E-state index contributed by atoms with van der Waals surface area (Å²) in [5, 5.41) is 54.3. The molecule has 0 aliphatic rings. The molecule has 0 bridgehead atoms. The first-order valence-electron chi connectivity index (χ1n) is 26.6. The maximum absolute atomic E-state index is 12.8. The van der Waals surface area contributed by atoms with Gasteiger partial charge in [-0.3, -0.25) is 19.4 Å². The summed E-state index contributed by atoms with van der Waals surface area (Å²) in [7, 11) is 0. The zero-order valence-electron chi connectivity index (χ0n) is 41.9. The third-order valence-electron chi connectivity index (χ3n) is 12.3. The molecule has 0 aliphatic heterocycles. The first-order chi connectivity index (χ1) is 30.3. The van der Waals surface area contributed by atoms with Crippen molar-refractivity contribution in [2.75, 3.05) is 52.5 Å². The van der Waals surface area contributed by atoms with Gasteiger partial charge in [-0.1, -0.05) is 182 Å². The Hall–Kier alpha value is -1.34. The second-order valence-electron chi connectivity index (χ2n) is 19.4. The van der Waals surface area contributed by atoms with Gasteiger partial charge in [0, 0.05) is 39.3 Å². The molecule has 0 amide bonds. The minimum Gasteiger partial charge on any atom is -0.466 e. The van der Waals surface area contributed by atoms with Gasteiger partial charge in [0.1, 0.15) is 0 Å². The number of rotatable bonds is 48. The standard InChI is InChI=1S/C52H104N2O9/c1-6-10-14-18-22-26-32-46(55)42-53(43-47(56)33-27-23-19-15-11-7-2)36-30-38-62-50(59)40-52(5,61)41-51(60)63-39-31-37-54(44-48(57)34-28-24-20-16-12-8-3)45-49(58)35-29-25-21-17-13-9-4/h46-49,55-58,61H,6-45H2,1-5H3. The van der Waals surface area contributed by atoms with Gasteiger partial charge in [-0.2, -0.15) is 0 Å². The number of ether oxygens (including phenoxy) is 2. The summed E-state index contributed by atoms with van der Waals surface area (Å²) in [6, 6.07) is 0. The summed E-state index contributed by atoms with van der Waals surface area (Å²) in [6.07, 6.45) is 29.3. The SMILES string of the molecule is CCCCCCCCC(O)CN(CCCOC(=O)CC(C)(O)CC(=O)OCCCN(CC(O)CCCCCCCC)CC(O)CCCCCCCC)CC(O)CCCCCCCC. The molecule has 0 aromatic heterocycles. The Bertz CT molecular complexity index is 894. The van der Waals surface area contributed by atoms with Gasteiger partial charge < -0.3 is 35.0 Å². The third-order valence-corrected chi connectivity index (χ3v) is 12.3. The molecule has 4 unspecified atom stereocenters. The number of aliphatic hydroxyl groups is 5. The molecule has 0 radical (unpaired) electrons. The molecule has 0 saturated carbocycles. The summed E-state index contributed by atoms with van der Waals surface area (Å²) >= 11 is 0. The van der Waals surface area contributed by atoms with Crippen LogP contribution in [0.4, 0.5) is 0 Å². The Morgan fingerprint density at radius 2 is 0.651 bits per heavy atom. The van der Waals surface area contributed by atoms with Gasteiger partial charge >= 0.3 is 11.9 Å². The van der Waals surface area contributed by atoms with Crippen molar-refractivity contribution in [3.8, 4) is 0 Å². The van der Waals surface area contributed by atoms with Crippen LogP contribution in [0.2, 0.25) is 0 Å². The van der Waals surface area contributed by atoms with E-state index in [1.807, 2.05) is 0 Å². The van der Waals surface area contributed by atoms with E-state index in [2.05, 4.69) is 37.5 Å². The molecule has 11 nitrogen and oxygen atoms in total. The molecule has 4 atom stereocenters. The van der Waals surface area contributed by atoms with Crippen molar-refractivity contribution in [3.05, 3.63) is 0 Å². The summed E-state index contributed by atoms with van der Waals surface area (Å²) < 4.78 is 10.9. The maximum atomic E-state index is 12.8. The van der Waals surface area contributed by atoms with Crippen molar-refractivity contribution in [1.82, 2.24) is 9.80 Å². The second kappa shape index (κ2) is 43.2. The highest BCUT2D eigenvalue weighted by Gasteiger charge is 2.29. The summed E-state index contributed by atoms with van der Waals surface area (Å²) in [4.78, 5) is 29.7. The van der Waals surface area contributed by atoms with E-state index in [9.17, 15) is 35.1 Å². The van der Waals surface area contributed by atoms with E-state index in [-0.39, 0.29) is 26.1 Å². The molecule has 0 aromatic rings. The normalized spacial score (nSPS) is 14.8. The molecular formula is C52H104N2O9. The molecule has 0 heterocycles. The van der Waals surface area contributed by atoms with Crippen LogP contribution >= 0.6 is 0 Å². The molecule has 63 heavy (non-hydrogen) atoms. The van der Waals surface area contributed by atoms with E-state index in [1.165, 1.54) is 110 Å². The minimum absolute atomic E-state index is 0.134. The zero-order chi connectivity index (χ0) is 46.8. The van der Waals surface area contributed by atoms with Crippen LogP contribution in [0.1, 0.15) is 240 Å². The van der Waals surface area contributed by atoms with Gasteiger partial charge in [0.2, 0.25) is 0 Å². The number of carbonyl (C=O) groups excluding carboxylic acids is 2. The van der Waals surface area contributed by atoms with E-state index >= 15 is 0 Å². The Morgan fingerprint density at radius 3 is 0.905 bits per heavy atom. The third kappa shape index (κ3) is 41.8. The van der Waals surface area contributed by atoms with Crippen LogP contribution in [-0.4, -0.2) is 130 Å². The van der Waals surface area contributed by atoms with Crippen molar-refractivity contribution in [2.24, 2.45) is 0 Å². The molecular weight excluding hydrogens is 797 g/mol. The highest BCUT2D eigenvalue weighted by molar-refractivity contribution is 5.74. The lowest BCUT2D eigenvalue weighted by Gasteiger charge is -2.28. The fourth-order valence-corrected chi connectivity index (χ4v) is 8.45. The average Bonchev–Trinajstić information content (AvgIpc) is 3.22. The Labute approximate surface area is 387 Å². The molecule has 0 aromatic carbocycles. The summed E-state index contributed by atoms with van der Waals surface area (Å²) in [5.74, 6) is -1.19. The largest absolute Gasteiger partial charge is 0.466 e. The van der Waals surface area contributed by atoms with E-state index in [0.29, 0.717) is 52.1 Å². The van der Waals surface area contributed by atoms with Crippen molar-refractivity contribution in [1.29, 1.82) is 0 Å². The smallest absolute Gasteiger partial charge is 0.308 e. The molecule has 376 valence electrons. The zero-order valence-corrected chi connectivity index (χ0v) is 41.9. The van der Waals surface area contributed by atoms with Crippen molar-refractivity contribution in [3.63, 3.8) is 0 Å². The molecule has 0 spiro atoms. The fourth-order valence-electron chi connectivity index (χ4n) is 8.45. The monoisotopic (exact) mass is 901 g/mol. The lowest BCUT2D eigenvalue weighted by atomic mass is 9.98. The quantitative estimate of drug-likeness (QED) is 0.0292. The molecule has 5 N–H and O–H groups in total. The fraction of sp³-hybridized carbons (Fsp3) is 0.962. The van der Waals surface area contributed by atoms with Crippen LogP contribution in [-0.2, 0) is 19.1 Å². The van der Waals surface area contributed by atoms with E-state index in [4.69, 9.17) is 9.47 Å². The van der Waals surface area contributed by atoms with Gasteiger partial charge in [-0.15, -0.1) is 0 Å². The van der Waals surface area contributed by atoms with Crippen molar-refractivity contribution in [2.45, 2.75) is 270 Å². The second-order valence-corrected chi connectivity index (χ2v) is 19.4. The van der Waals surface area contributed by atoms with Gasteiger partial charge in [0.05, 0.1) is 56.1 Å². The van der Waals surface area contributed by atoms with Crippen molar-refractivity contribution >= 4 is 11.9 Å². The van der Waals surface area contributed by atoms with Crippen LogP contribution < -0.4 is 0 Å². The maximum Gasteiger partial charge on any atom is 0.308 e. The van der Waals surface area contributed by atoms with Crippen LogP contribution in [0, 0.1) is 0 Å². The van der Waals surface area contributed by atoms with Gasteiger partial charge in [-0.05, 0) is 45.4 Å². The first kappa shape index (κ1) is 61.7. The van der Waals surface area contributed by atoms with Gasteiger partial charge in [0.15, 0.2) is 0 Å². The lowest BCUT2D eigenvalue weighted by molar-refractivity contribution is -0.154. The molecule has 0 fully saturated rings. The molecule has 0 rings (SSSR count). The number of hydrogen-bond acceptors (Lipinski definition) is 11. The van der Waals surface area contributed by atoms with Crippen LogP contribution in [0.5, 0.6) is 0 Å². The predicted octanol–water partition coefficient (Wildman–Crippen LogP) is 10.4. The number of carbonyl (C=O) groups is 2. The average molecular weight is 901 g/mol. The van der Waals surface area contributed by atoms with Gasteiger partial charge in [0.25, 0.3) is 0 Å². The predicted molar refractivity (Wildman–Crippen MR) is 260 cm³/mol. The van der Waals surface area contributed by atoms with Crippen molar-refractivity contribution < 1.29 is 44.6 Å². The molecule has 0 saturated heterocycles. The Kier molecular flexibility index (Phi) is 42.3. The summed E-state index contributed by atoms with van der Waals surface area (Å²) in [5.41, 5.74) is -1.63. The minimum atomic E-state index is -1.63. The number of aliphatic hydroxyl groups excluding tert-OH is 4. The molecule has 0 aliphatic carbocycles. The topological polar surface area (TPSA) is 160 Å². The number of hydrogen-bond donors (Lipinski definition) is 5. The lowest BCUT2D eigenvalue weighted by Crippen LogP contribution is -2.39. The van der Waals surface area contributed by atoms with E-state index in [1.54, 1.807) is 0 Å². The Balaban J connectivity index is 4.87.